The molecule has 1 aromatic rings. The van der Waals surface area contributed by atoms with Crippen molar-refractivity contribution >= 4 is 21.6 Å². The zero-order valence-corrected chi connectivity index (χ0v) is 11.0. The quantitative estimate of drug-likeness (QED) is 0.773. The molecule has 98 valence electrons. The lowest BCUT2D eigenvalue weighted by molar-refractivity contribution is 0.126. The van der Waals surface area contributed by atoms with E-state index < -0.39 is 23.0 Å². The van der Waals surface area contributed by atoms with E-state index in [-0.39, 0.29) is 10.8 Å². The lowest BCUT2D eigenvalue weighted by Crippen LogP contribution is -2.31. The maximum Gasteiger partial charge on any atom is 0.252 e. The molecule has 1 aromatic heterocycles. The lowest BCUT2D eigenvalue weighted by Gasteiger charge is -2.15. The number of hydrogen-bond acceptors (Lipinski definition) is 2. The molecule has 0 amide bonds. The molecule has 0 aliphatic carbocycles. The highest BCUT2D eigenvalue weighted by atomic mass is 35.5. The Kier molecular flexibility index (Phi) is 4.51. The molecule has 0 fully saturated rings. The first-order valence-corrected chi connectivity index (χ1v) is 6.72. The van der Waals surface area contributed by atoms with E-state index in [2.05, 4.69) is 0 Å². The van der Waals surface area contributed by atoms with Crippen molar-refractivity contribution in [2.75, 3.05) is 13.6 Å². The van der Waals surface area contributed by atoms with Gasteiger partial charge in [-0.2, -0.15) is 4.31 Å². The number of rotatable bonds is 5. The Morgan fingerprint density at radius 1 is 1.53 bits per heavy atom. The SMILES string of the molecule is CN(CC(F)F)S(=O)(=O)c1cc(CCl)n(C)c1. The first-order chi connectivity index (χ1) is 7.78. The van der Waals surface area contributed by atoms with Gasteiger partial charge >= 0.3 is 0 Å². The summed E-state index contributed by atoms with van der Waals surface area (Å²) in [7, 11) is -1.11. The van der Waals surface area contributed by atoms with E-state index in [4.69, 9.17) is 11.6 Å². The van der Waals surface area contributed by atoms with Crippen molar-refractivity contribution in [1.82, 2.24) is 8.87 Å². The summed E-state index contributed by atoms with van der Waals surface area (Å²) in [4.78, 5) is -0.0289. The van der Waals surface area contributed by atoms with Crippen LogP contribution in [0.3, 0.4) is 0 Å². The third-order valence-electron chi connectivity index (χ3n) is 2.32. The summed E-state index contributed by atoms with van der Waals surface area (Å²) in [5.74, 6) is 0.157. The molecule has 0 atom stereocenters. The van der Waals surface area contributed by atoms with Gasteiger partial charge in [-0.1, -0.05) is 0 Å². The van der Waals surface area contributed by atoms with Crippen molar-refractivity contribution in [1.29, 1.82) is 0 Å². The van der Waals surface area contributed by atoms with Gasteiger partial charge < -0.3 is 4.57 Å². The van der Waals surface area contributed by atoms with Gasteiger partial charge in [-0.25, -0.2) is 17.2 Å². The van der Waals surface area contributed by atoms with E-state index in [0.29, 0.717) is 10.00 Å². The molecule has 1 heterocycles. The van der Waals surface area contributed by atoms with Crippen LogP contribution in [0.2, 0.25) is 0 Å². The normalized spacial score (nSPS) is 12.6. The van der Waals surface area contributed by atoms with Gasteiger partial charge in [0.05, 0.1) is 12.4 Å². The summed E-state index contributed by atoms with van der Waals surface area (Å²) in [6.45, 7) is -0.826. The zero-order chi connectivity index (χ0) is 13.2. The van der Waals surface area contributed by atoms with Crippen LogP contribution in [0.4, 0.5) is 8.78 Å². The predicted molar refractivity (Wildman–Crippen MR) is 60.8 cm³/mol. The maximum absolute atomic E-state index is 12.1. The molecule has 0 aliphatic rings. The van der Waals surface area contributed by atoms with Crippen LogP contribution in [0.25, 0.3) is 0 Å². The third-order valence-corrected chi connectivity index (χ3v) is 4.39. The molecular formula is C9H13ClF2N2O2S. The van der Waals surface area contributed by atoms with Crippen LogP contribution in [0.5, 0.6) is 0 Å². The van der Waals surface area contributed by atoms with E-state index in [1.165, 1.54) is 12.3 Å². The van der Waals surface area contributed by atoms with Crippen molar-refractivity contribution in [2.24, 2.45) is 7.05 Å². The number of aryl methyl sites for hydroxylation is 1. The van der Waals surface area contributed by atoms with Crippen LogP contribution in [0.1, 0.15) is 5.69 Å². The largest absolute Gasteiger partial charge is 0.352 e. The smallest absolute Gasteiger partial charge is 0.252 e. The van der Waals surface area contributed by atoms with Gasteiger partial charge in [0.1, 0.15) is 4.90 Å². The molecule has 0 aromatic carbocycles. The molecule has 8 heteroatoms. The molecule has 17 heavy (non-hydrogen) atoms. The second-order valence-electron chi connectivity index (χ2n) is 3.59. The van der Waals surface area contributed by atoms with Crippen LogP contribution < -0.4 is 0 Å². The fourth-order valence-corrected chi connectivity index (χ4v) is 2.83. The highest BCUT2D eigenvalue weighted by Gasteiger charge is 2.25. The average molecular weight is 287 g/mol. The van der Waals surface area contributed by atoms with Crippen molar-refractivity contribution in [3.63, 3.8) is 0 Å². The summed E-state index contributed by atoms with van der Waals surface area (Å²) in [6.07, 6.45) is -1.35. The van der Waals surface area contributed by atoms with E-state index >= 15 is 0 Å². The zero-order valence-electron chi connectivity index (χ0n) is 9.40. The molecule has 4 nitrogen and oxygen atoms in total. The number of hydrogen-bond donors (Lipinski definition) is 0. The molecule has 0 spiro atoms. The summed E-state index contributed by atoms with van der Waals surface area (Å²) >= 11 is 5.61. The van der Waals surface area contributed by atoms with Gasteiger partial charge in [-0.05, 0) is 6.07 Å². The Labute approximate surface area is 104 Å². The number of alkyl halides is 3. The molecule has 0 N–H and O–H groups in total. The standard InChI is InChI=1S/C9H13ClF2N2O2S/c1-13-5-8(3-7(13)4-10)17(15,16)14(2)6-9(11)12/h3,5,9H,4,6H2,1-2H3. The second-order valence-corrected chi connectivity index (χ2v) is 5.90. The summed E-state index contributed by atoms with van der Waals surface area (Å²) in [6, 6.07) is 1.38. The highest BCUT2D eigenvalue weighted by Crippen LogP contribution is 2.19. The second kappa shape index (κ2) is 5.32. The number of halogens is 3. The van der Waals surface area contributed by atoms with E-state index in [1.54, 1.807) is 11.6 Å². The Bertz CT molecular complexity index is 487. The van der Waals surface area contributed by atoms with E-state index in [0.717, 1.165) is 7.05 Å². The fraction of sp³-hybridized carbons (Fsp3) is 0.556. The summed E-state index contributed by atoms with van der Waals surface area (Å²) in [5.41, 5.74) is 0.607. The minimum atomic E-state index is -3.87. The van der Waals surface area contributed by atoms with Crippen LogP contribution in [-0.4, -0.2) is 37.3 Å². The Balaban J connectivity index is 3.04. The van der Waals surface area contributed by atoms with Crippen LogP contribution in [-0.2, 0) is 23.0 Å². The Hall–Kier alpha value is -0.660. The van der Waals surface area contributed by atoms with Crippen molar-refractivity contribution < 1.29 is 17.2 Å². The van der Waals surface area contributed by atoms with Crippen molar-refractivity contribution in [3.05, 3.63) is 18.0 Å². The molecule has 0 unspecified atom stereocenters. The van der Waals surface area contributed by atoms with Gasteiger partial charge in [0.2, 0.25) is 10.0 Å². The van der Waals surface area contributed by atoms with Crippen LogP contribution in [0, 0.1) is 0 Å². The molecule has 0 aliphatic heterocycles. The number of sulfonamides is 1. The molecule has 0 radical (unpaired) electrons. The first-order valence-electron chi connectivity index (χ1n) is 4.74. The van der Waals surface area contributed by atoms with Gasteiger partial charge in [0, 0.05) is 26.0 Å². The van der Waals surface area contributed by atoms with Crippen molar-refractivity contribution in [2.45, 2.75) is 17.2 Å². The third kappa shape index (κ3) is 3.17. The molecule has 0 bridgehead atoms. The number of nitrogens with zero attached hydrogens (tertiary/aromatic N) is 2. The summed E-state index contributed by atoms with van der Waals surface area (Å²) in [5, 5.41) is 0. The number of aromatic nitrogens is 1. The minimum absolute atomic E-state index is 0.0289. The monoisotopic (exact) mass is 286 g/mol. The Morgan fingerprint density at radius 2 is 2.12 bits per heavy atom. The van der Waals surface area contributed by atoms with Gasteiger partial charge in [-0.3, -0.25) is 0 Å². The molecule has 0 saturated carbocycles. The van der Waals surface area contributed by atoms with E-state index in [1.807, 2.05) is 0 Å². The first kappa shape index (κ1) is 14.4. The molecule has 1 rings (SSSR count). The average Bonchev–Trinajstić information content (AvgIpc) is 2.59. The van der Waals surface area contributed by atoms with Gasteiger partial charge in [0.25, 0.3) is 6.43 Å². The minimum Gasteiger partial charge on any atom is -0.352 e. The van der Waals surface area contributed by atoms with Gasteiger partial charge in [-0.15, -0.1) is 11.6 Å². The van der Waals surface area contributed by atoms with Crippen LogP contribution in [0.15, 0.2) is 17.2 Å². The summed E-state index contributed by atoms with van der Waals surface area (Å²) < 4.78 is 50.3. The lowest BCUT2D eigenvalue weighted by atomic mass is 10.5. The van der Waals surface area contributed by atoms with E-state index in [9.17, 15) is 17.2 Å². The predicted octanol–water partition coefficient (Wildman–Crippen LogP) is 1.65. The Morgan fingerprint density at radius 3 is 2.53 bits per heavy atom. The maximum atomic E-state index is 12.1. The van der Waals surface area contributed by atoms with Crippen LogP contribution >= 0.6 is 11.6 Å². The topological polar surface area (TPSA) is 42.3 Å². The van der Waals surface area contributed by atoms with Gasteiger partial charge in [0.15, 0.2) is 0 Å². The highest BCUT2D eigenvalue weighted by molar-refractivity contribution is 7.89. The molecule has 0 saturated heterocycles. The fourth-order valence-electron chi connectivity index (χ4n) is 1.32. The van der Waals surface area contributed by atoms with Crippen molar-refractivity contribution in [3.8, 4) is 0 Å². The molecular weight excluding hydrogens is 274 g/mol.